The van der Waals surface area contributed by atoms with Gasteiger partial charge in [0.2, 0.25) is 0 Å². The molecule has 0 spiro atoms. The molecule has 3 heteroatoms. The molecule has 0 saturated heterocycles. The topological polar surface area (TPSA) is 45.8 Å². The van der Waals surface area contributed by atoms with Crippen molar-refractivity contribution in [3.8, 4) is 11.8 Å². The first-order valence-corrected chi connectivity index (χ1v) is 6.16. The van der Waals surface area contributed by atoms with Crippen LogP contribution >= 0.6 is 0 Å². The van der Waals surface area contributed by atoms with E-state index in [9.17, 15) is 4.79 Å². The summed E-state index contributed by atoms with van der Waals surface area (Å²) < 4.78 is 1.62. The molecule has 1 aromatic carbocycles. The van der Waals surface area contributed by atoms with E-state index in [1.54, 1.807) is 11.5 Å². The molecule has 0 radical (unpaired) electrons. The average Bonchev–Trinajstić information content (AvgIpc) is 2.33. The molecule has 2 rings (SSSR count). The molecule has 2 aromatic rings. The Bertz CT molecular complexity index is 749. The number of nitriles is 1. The number of benzene rings is 1. The van der Waals surface area contributed by atoms with Crippen LogP contribution in [0.1, 0.15) is 27.9 Å². The summed E-state index contributed by atoms with van der Waals surface area (Å²) in [4.78, 5) is 12.4. The molecular weight excluding hydrogens is 236 g/mol. The van der Waals surface area contributed by atoms with Gasteiger partial charge in [-0.1, -0.05) is 12.1 Å². The van der Waals surface area contributed by atoms with Gasteiger partial charge in [-0.25, -0.2) is 0 Å². The first-order valence-electron chi connectivity index (χ1n) is 6.16. The lowest BCUT2D eigenvalue weighted by molar-refractivity contribution is 0.910. The number of rotatable bonds is 1. The summed E-state index contributed by atoms with van der Waals surface area (Å²) in [7, 11) is 0. The van der Waals surface area contributed by atoms with E-state index in [4.69, 9.17) is 5.26 Å². The Labute approximate surface area is 112 Å². The number of aryl methyl sites for hydroxylation is 4. The Morgan fingerprint density at radius 3 is 2.37 bits per heavy atom. The van der Waals surface area contributed by atoms with E-state index in [0.717, 1.165) is 28.1 Å². The van der Waals surface area contributed by atoms with E-state index in [-0.39, 0.29) is 11.1 Å². The molecule has 0 atom stereocenters. The first kappa shape index (κ1) is 13.1. The van der Waals surface area contributed by atoms with Gasteiger partial charge < -0.3 is 0 Å². The van der Waals surface area contributed by atoms with Crippen molar-refractivity contribution in [2.45, 2.75) is 27.7 Å². The zero-order chi connectivity index (χ0) is 14.2. The van der Waals surface area contributed by atoms with Gasteiger partial charge in [-0.15, -0.1) is 0 Å². The predicted octanol–water partition coefficient (Wildman–Crippen LogP) is 2.94. The fourth-order valence-electron chi connectivity index (χ4n) is 2.29. The summed E-state index contributed by atoms with van der Waals surface area (Å²) in [5.74, 6) is 0. The lowest BCUT2D eigenvalue weighted by atomic mass is 10.1. The van der Waals surface area contributed by atoms with Gasteiger partial charge in [0.05, 0.1) is 5.69 Å². The van der Waals surface area contributed by atoms with Crippen LogP contribution in [-0.2, 0) is 0 Å². The van der Waals surface area contributed by atoms with E-state index in [1.165, 1.54) is 0 Å². The van der Waals surface area contributed by atoms with Gasteiger partial charge in [0.15, 0.2) is 0 Å². The van der Waals surface area contributed by atoms with E-state index < -0.39 is 0 Å². The molecule has 3 nitrogen and oxygen atoms in total. The smallest absolute Gasteiger partial charge is 0.273 e. The third-order valence-corrected chi connectivity index (χ3v) is 3.31. The molecule has 0 unspecified atom stereocenters. The predicted molar refractivity (Wildman–Crippen MR) is 75.7 cm³/mol. The van der Waals surface area contributed by atoms with Gasteiger partial charge in [0.25, 0.3) is 5.56 Å². The Kier molecular flexibility index (Phi) is 3.26. The summed E-state index contributed by atoms with van der Waals surface area (Å²) in [6.07, 6.45) is 0. The highest BCUT2D eigenvalue weighted by Gasteiger charge is 2.12. The quantitative estimate of drug-likeness (QED) is 0.783. The maximum absolute atomic E-state index is 12.4. The Balaban J connectivity index is 2.88. The van der Waals surface area contributed by atoms with Crippen molar-refractivity contribution < 1.29 is 0 Å². The maximum Gasteiger partial charge on any atom is 0.273 e. The molecule has 1 heterocycles. The van der Waals surface area contributed by atoms with Crippen LogP contribution in [0.2, 0.25) is 0 Å². The van der Waals surface area contributed by atoms with Crippen LogP contribution in [0.3, 0.4) is 0 Å². The molecule has 1 aromatic heterocycles. The molecule has 0 amide bonds. The summed E-state index contributed by atoms with van der Waals surface area (Å²) >= 11 is 0. The van der Waals surface area contributed by atoms with Crippen molar-refractivity contribution in [2.75, 3.05) is 0 Å². The Morgan fingerprint density at radius 1 is 1.05 bits per heavy atom. The second kappa shape index (κ2) is 4.74. The van der Waals surface area contributed by atoms with Crippen LogP contribution in [0, 0.1) is 39.0 Å². The third kappa shape index (κ3) is 2.17. The fourth-order valence-corrected chi connectivity index (χ4v) is 2.29. The van der Waals surface area contributed by atoms with Gasteiger partial charge in [0.1, 0.15) is 11.6 Å². The second-order valence-corrected chi connectivity index (χ2v) is 4.89. The summed E-state index contributed by atoms with van der Waals surface area (Å²) in [5.41, 5.74) is 4.50. The van der Waals surface area contributed by atoms with Crippen molar-refractivity contribution in [2.24, 2.45) is 0 Å². The van der Waals surface area contributed by atoms with E-state index in [0.29, 0.717) is 0 Å². The minimum Gasteiger partial charge on any atom is -0.280 e. The Hall–Kier alpha value is -2.34. The van der Waals surface area contributed by atoms with E-state index in [2.05, 4.69) is 0 Å². The van der Waals surface area contributed by atoms with Crippen LogP contribution in [0.25, 0.3) is 5.69 Å². The molecule has 0 aliphatic heterocycles. The molecule has 0 saturated carbocycles. The molecule has 0 fully saturated rings. The molecule has 19 heavy (non-hydrogen) atoms. The zero-order valence-corrected chi connectivity index (χ0v) is 11.6. The number of hydrogen-bond acceptors (Lipinski definition) is 2. The lowest BCUT2D eigenvalue weighted by Crippen LogP contribution is -2.24. The summed E-state index contributed by atoms with van der Waals surface area (Å²) in [5, 5.41) is 9.12. The second-order valence-electron chi connectivity index (χ2n) is 4.89. The molecular formula is C16H16N2O. The third-order valence-electron chi connectivity index (χ3n) is 3.31. The van der Waals surface area contributed by atoms with Crippen molar-refractivity contribution in [3.05, 3.63) is 62.6 Å². The number of pyridine rings is 1. The van der Waals surface area contributed by atoms with E-state index >= 15 is 0 Å². The van der Waals surface area contributed by atoms with Gasteiger partial charge in [-0.2, -0.15) is 5.26 Å². The van der Waals surface area contributed by atoms with Gasteiger partial charge in [0, 0.05) is 5.69 Å². The standard InChI is InChI=1S/C16H16N2O/c1-10-5-6-11(2)15(7-10)18-13(4)8-12(3)14(9-17)16(18)19/h5-8H,1-4H3. The Morgan fingerprint density at radius 2 is 1.74 bits per heavy atom. The minimum absolute atomic E-state index is 0.214. The molecule has 0 aliphatic carbocycles. The van der Waals surface area contributed by atoms with Crippen LogP contribution in [0.15, 0.2) is 29.1 Å². The molecule has 0 aliphatic rings. The summed E-state index contributed by atoms with van der Waals surface area (Å²) in [6.45, 7) is 7.63. The maximum atomic E-state index is 12.4. The minimum atomic E-state index is -0.242. The number of aromatic nitrogens is 1. The van der Waals surface area contributed by atoms with Crippen molar-refractivity contribution in [1.29, 1.82) is 5.26 Å². The van der Waals surface area contributed by atoms with Crippen LogP contribution in [0.4, 0.5) is 0 Å². The monoisotopic (exact) mass is 252 g/mol. The van der Waals surface area contributed by atoms with Crippen molar-refractivity contribution in [3.63, 3.8) is 0 Å². The van der Waals surface area contributed by atoms with Gasteiger partial charge in [-0.05, 0) is 56.5 Å². The number of hydrogen-bond donors (Lipinski definition) is 0. The lowest BCUT2D eigenvalue weighted by Gasteiger charge is -2.15. The normalized spacial score (nSPS) is 10.3. The van der Waals surface area contributed by atoms with Crippen LogP contribution in [-0.4, -0.2) is 4.57 Å². The van der Waals surface area contributed by atoms with Crippen LogP contribution in [0.5, 0.6) is 0 Å². The largest absolute Gasteiger partial charge is 0.280 e. The zero-order valence-electron chi connectivity index (χ0n) is 11.6. The fraction of sp³-hybridized carbons (Fsp3) is 0.250. The number of nitrogens with zero attached hydrogens (tertiary/aromatic N) is 2. The molecule has 0 bridgehead atoms. The SMILES string of the molecule is Cc1ccc(C)c(-n2c(C)cc(C)c(C#N)c2=O)c1. The molecule has 96 valence electrons. The van der Waals surface area contributed by atoms with Crippen molar-refractivity contribution in [1.82, 2.24) is 4.57 Å². The van der Waals surface area contributed by atoms with Crippen molar-refractivity contribution >= 4 is 0 Å². The average molecular weight is 252 g/mol. The first-order chi connectivity index (χ1) is 8.95. The summed E-state index contributed by atoms with van der Waals surface area (Å²) in [6, 6.07) is 9.85. The van der Waals surface area contributed by atoms with Crippen LogP contribution < -0.4 is 5.56 Å². The highest BCUT2D eigenvalue weighted by molar-refractivity contribution is 5.47. The van der Waals surface area contributed by atoms with Gasteiger partial charge in [-0.3, -0.25) is 9.36 Å². The molecule has 0 N–H and O–H groups in total. The van der Waals surface area contributed by atoms with E-state index in [1.807, 2.05) is 51.1 Å². The highest BCUT2D eigenvalue weighted by Crippen LogP contribution is 2.17. The highest BCUT2D eigenvalue weighted by atomic mass is 16.1. The van der Waals surface area contributed by atoms with Gasteiger partial charge >= 0.3 is 0 Å².